The van der Waals surface area contributed by atoms with Crippen LogP contribution in [0.2, 0.25) is 0 Å². The second-order valence-electron chi connectivity index (χ2n) is 7.57. The summed E-state index contributed by atoms with van der Waals surface area (Å²) in [4.78, 5) is 40.1. The summed E-state index contributed by atoms with van der Waals surface area (Å²) < 4.78 is 10.9. The highest BCUT2D eigenvalue weighted by atomic mass is 16.5. The molecule has 0 aliphatic carbocycles. The van der Waals surface area contributed by atoms with Gasteiger partial charge in [0.1, 0.15) is 5.75 Å². The molecule has 0 atom stereocenters. The third-order valence-electron chi connectivity index (χ3n) is 5.51. The first-order chi connectivity index (χ1) is 16.0. The lowest BCUT2D eigenvalue weighted by Gasteiger charge is -2.15. The Labute approximate surface area is 192 Å². The molecule has 33 heavy (non-hydrogen) atoms. The van der Waals surface area contributed by atoms with E-state index in [-0.39, 0.29) is 18.0 Å². The van der Waals surface area contributed by atoms with Gasteiger partial charge in [0, 0.05) is 5.39 Å². The molecule has 0 bridgehead atoms. The maximum absolute atomic E-state index is 13.6. The molecular weight excluding hydrogens is 418 g/mol. The normalized spacial score (nSPS) is 13.1. The lowest BCUT2D eigenvalue weighted by atomic mass is 9.93. The van der Waals surface area contributed by atoms with Crippen LogP contribution in [0.4, 0.5) is 5.69 Å². The van der Waals surface area contributed by atoms with Gasteiger partial charge in [0.25, 0.3) is 11.8 Å². The van der Waals surface area contributed by atoms with Crippen molar-refractivity contribution in [1.82, 2.24) is 0 Å². The molecule has 0 aromatic heterocycles. The lowest BCUT2D eigenvalue weighted by molar-refractivity contribution is -0.142. The molecule has 3 aromatic rings. The Hall–Kier alpha value is -3.93. The monoisotopic (exact) mass is 443 g/mol. The SMILES string of the molecule is C/C=C/c1c2c(c(OCC)c3ccccc13)C(=O)N(c1ccc(CC(=O)OCC)cc1)C2=O. The van der Waals surface area contributed by atoms with E-state index in [1.807, 2.05) is 50.3 Å². The highest BCUT2D eigenvalue weighted by Gasteiger charge is 2.42. The minimum Gasteiger partial charge on any atom is -0.492 e. The van der Waals surface area contributed by atoms with Crippen molar-refractivity contribution in [2.75, 3.05) is 18.1 Å². The Bertz CT molecular complexity index is 1270. The predicted octanol–water partition coefficient (Wildman–Crippen LogP) is 5.18. The number of nitrogens with zero attached hydrogens (tertiary/aromatic N) is 1. The fraction of sp³-hybridized carbons (Fsp3) is 0.222. The summed E-state index contributed by atoms with van der Waals surface area (Å²) in [6, 6.07) is 14.4. The molecule has 1 heterocycles. The molecule has 6 heteroatoms. The molecular formula is C27H25NO5. The van der Waals surface area contributed by atoms with Gasteiger partial charge >= 0.3 is 5.97 Å². The Morgan fingerprint density at radius 2 is 1.58 bits per heavy atom. The number of rotatable bonds is 7. The van der Waals surface area contributed by atoms with E-state index in [0.29, 0.717) is 35.8 Å². The second kappa shape index (κ2) is 9.28. The van der Waals surface area contributed by atoms with E-state index in [1.165, 1.54) is 4.90 Å². The maximum Gasteiger partial charge on any atom is 0.310 e. The minimum absolute atomic E-state index is 0.127. The number of carbonyl (C=O) groups is 3. The number of anilines is 1. The van der Waals surface area contributed by atoms with Crippen molar-refractivity contribution in [3.05, 3.63) is 76.9 Å². The van der Waals surface area contributed by atoms with Gasteiger partial charge in [-0.15, -0.1) is 0 Å². The van der Waals surface area contributed by atoms with Crippen LogP contribution >= 0.6 is 0 Å². The summed E-state index contributed by atoms with van der Waals surface area (Å²) in [7, 11) is 0. The van der Waals surface area contributed by atoms with Crippen LogP contribution < -0.4 is 9.64 Å². The molecule has 6 nitrogen and oxygen atoms in total. The van der Waals surface area contributed by atoms with Crippen LogP contribution in [0.1, 0.15) is 52.6 Å². The maximum atomic E-state index is 13.6. The number of imide groups is 1. The van der Waals surface area contributed by atoms with Gasteiger partial charge in [-0.05, 0) is 49.4 Å². The van der Waals surface area contributed by atoms with E-state index < -0.39 is 11.8 Å². The molecule has 0 radical (unpaired) electrons. The zero-order valence-electron chi connectivity index (χ0n) is 18.9. The zero-order valence-corrected chi connectivity index (χ0v) is 18.9. The van der Waals surface area contributed by atoms with Gasteiger partial charge in [-0.3, -0.25) is 14.4 Å². The Morgan fingerprint density at radius 3 is 2.21 bits per heavy atom. The van der Waals surface area contributed by atoms with Gasteiger partial charge in [0.05, 0.1) is 36.4 Å². The van der Waals surface area contributed by atoms with E-state index in [2.05, 4.69) is 0 Å². The van der Waals surface area contributed by atoms with Crippen molar-refractivity contribution < 1.29 is 23.9 Å². The van der Waals surface area contributed by atoms with Gasteiger partial charge in [-0.2, -0.15) is 0 Å². The Kier molecular flexibility index (Phi) is 6.27. The quantitative estimate of drug-likeness (QED) is 0.372. The molecule has 0 unspecified atom stereocenters. The number of ether oxygens (including phenoxy) is 2. The van der Waals surface area contributed by atoms with Gasteiger partial charge in [0.15, 0.2) is 0 Å². The average Bonchev–Trinajstić information content (AvgIpc) is 3.07. The first-order valence-electron chi connectivity index (χ1n) is 11.0. The topological polar surface area (TPSA) is 72.9 Å². The van der Waals surface area contributed by atoms with E-state index in [4.69, 9.17) is 9.47 Å². The third-order valence-corrected chi connectivity index (χ3v) is 5.51. The molecule has 3 aromatic carbocycles. The number of fused-ring (bicyclic) bond motifs is 2. The number of amides is 2. The standard InChI is InChI=1S/C27H25NO5/c1-4-9-20-19-10-7-8-11-21(19)25(33-6-3)24-23(20)26(30)28(27(24)31)18-14-12-17(13-15-18)16-22(29)32-5-2/h4,7-15H,5-6,16H2,1-3H3/b9-4+. The van der Waals surface area contributed by atoms with Crippen molar-refractivity contribution in [1.29, 1.82) is 0 Å². The van der Waals surface area contributed by atoms with Gasteiger partial charge in [-0.1, -0.05) is 48.6 Å². The van der Waals surface area contributed by atoms with Gasteiger partial charge in [0.2, 0.25) is 0 Å². The first kappa shape index (κ1) is 22.3. The van der Waals surface area contributed by atoms with Gasteiger partial charge in [-0.25, -0.2) is 4.90 Å². The van der Waals surface area contributed by atoms with Crippen LogP contribution in [-0.4, -0.2) is 31.0 Å². The van der Waals surface area contributed by atoms with Crippen molar-refractivity contribution in [3.8, 4) is 5.75 Å². The summed E-state index contributed by atoms with van der Waals surface area (Å²) >= 11 is 0. The summed E-state index contributed by atoms with van der Waals surface area (Å²) in [6.07, 6.45) is 3.84. The van der Waals surface area contributed by atoms with Crippen molar-refractivity contribution in [2.24, 2.45) is 0 Å². The fourth-order valence-corrected chi connectivity index (χ4v) is 4.19. The minimum atomic E-state index is -0.423. The molecule has 0 spiro atoms. The summed E-state index contributed by atoms with van der Waals surface area (Å²) in [6.45, 7) is 6.16. The Morgan fingerprint density at radius 1 is 0.909 bits per heavy atom. The van der Waals surface area contributed by atoms with Crippen LogP contribution in [0.5, 0.6) is 5.75 Å². The van der Waals surface area contributed by atoms with Crippen molar-refractivity contribution in [3.63, 3.8) is 0 Å². The van der Waals surface area contributed by atoms with E-state index in [1.54, 1.807) is 31.2 Å². The van der Waals surface area contributed by atoms with E-state index in [0.717, 1.165) is 16.3 Å². The smallest absolute Gasteiger partial charge is 0.310 e. The van der Waals surface area contributed by atoms with Crippen LogP contribution in [0.25, 0.3) is 16.8 Å². The van der Waals surface area contributed by atoms with Crippen molar-refractivity contribution in [2.45, 2.75) is 27.2 Å². The molecule has 1 aliphatic rings. The number of hydrogen-bond acceptors (Lipinski definition) is 5. The van der Waals surface area contributed by atoms with Crippen LogP contribution in [0.3, 0.4) is 0 Å². The fourth-order valence-electron chi connectivity index (χ4n) is 4.19. The van der Waals surface area contributed by atoms with Gasteiger partial charge < -0.3 is 9.47 Å². The highest BCUT2D eigenvalue weighted by Crippen LogP contribution is 2.43. The van der Waals surface area contributed by atoms with Crippen LogP contribution in [0.15, 0.2) is 54.6 Å². The number of esters is 1. The van der Waals surface area contributed by atoms with Crippen LogP contribution in [-0.2, 0) is 16.0 Å². The largest absolute Gasteiger partial charge is 0.492 e. The Balaban J connectivity index is 1.83. The summed E-state index contributed by atoms with van der Waals surface area (Å²) in [5, 5.41) is 1.64. The zero-order chi connectivity index (χ0) is 23.5. The van der Waals surface area contributed by atoms with Crippen LogP contribution in [0, 0.1) is 0 Å². The second-order valence-corrected chi connectivity index (χ2v) is 7.57. The van der Waals surface area contributed by atoms with E-state index in [9.17, 15) is 14.4 Å². The molecule has 0 saturated carbocycles. The molecule has 1 aliphatic heterocycles. The predicted molar refractivity (Wildman–Crippen MR) is 128 cm³/mol. The number of allylic oxidation sites excluding steroid dienone is 1. The molecule has 0 N–H and O–H groups in total. The molecule has 0 saturated heterocycles. The number of carbonyl (C=O) groups excluding carboxylic acids is 3. The molecule has 4 rings (SSSR count). The number of hydrogen-bond donors (Lipinski definition) is 0. The first-order valence-corrected chi connectivity index (χ1v) is 11.0. The third kappa shape index (κ3) is 3.89. The molecule has 168 valence electrons. The average molecular weight is 443 g/mol. The summed E-state index contributed by atoms with van der Waals surface area (Å²) in [5.74, 6) is -0.716. The summed E-state index contributed by atoms with van der Waals surface area (Å²) in [5.41, 5.74) is 2.50. The number of benzene rings is 3. The lowest BCUT2D eigenvalue weighted by Crippen LogP contribution is -2.29. The molecule has 2 amide bonds. The van der Waals surface area contributed by atoms with Crippen molar-refractivity contribution >= 4 is 40.3 Å². The van der Waals surface area contributed by atoms with E-state index >= 15 is 0 Å². The molecule has 0 fully saturated rings. The highest BCUT2D eigenvalue weighted by molar-refractivity contribution is 6.38.